The summed E-state index contributed by atoms with van der Waals surface area (Å²) in [5, 5.41) is 3.52. The van der Waals surface area contributed by atoms with Crippen LogP contribution in [0.2, 0.25) is 0 Å². The minimum absolute atomic E-state index is 0.673. The Morgan fingerprint density at radius 2 is 1.65 bits per heavy atom. The van der Waals surface area contributed by atoms with Gasteiger partial charge in [-0.05, 0) is 28.7 Å². The summed E-state index contributed by atoms with van der Waals surface area (Å²) in [5.41, 5.74) is 5.34. The van der Waals surface area contributed by atoms with Crippen molar-refractivity contribution in [2.24, 2.45) is 0 Å². The van der Waals surface area contributed by atoms with Gasteiger partial charge in [0.1, 0.15) is 0 Å². The van der Waals surface area contributed by atoms with E-state index in [0.29, 0.717) is 6.61 Å². The number of benzene rings is 2. The molecule has 2 aromatic rings. The molecule has 0 spiro atoms. The van der Waals surface area contributed by atoms with Gasteiger partial charge >= 0.3 is 0 Å². The van der Waals surface area contributed by atoms with Crippen LogP contribution in [0.25, 0.3) is 0 Å². The van der Waals surface area contributed by atoms with Gasteiger partial charge in [0.05, 0.1) is 6.61 Å². The quantitative estimate of drug-likeness (QED) is 0.828. The fraction of sp³-hybridized carbons (Fsp3) is 0.333. The predicted octanol–water partition coefficient (Wildman–Crippen LogP) is 3.69. The zero-order chi connectivity index (χ0) is 14.2. The lowest BCUT2D eigenvalue weighted by atomic mass is 10.1. The van der Waals surface area contributed by atoms with Crippen molar-refractivity contribution in [3.8, 4) is 0 Å². The van der Waals surface area contributed by atoms with Crippen molar-refractivity contribution in [3.05, 3.63) is 70.8 Å². The standard InChI is InChI=1S/C18H23NO/c1-3-17-9-4-5-10-18(17)13-19-12-15-7-6-8-16(11-15)14-20-2/h4-11,19H,3,12-14H2,1-2H3. The number of aryl methyl sites for hydroxylation is 1. The maximum absolute atomic E-state index is 5.17. The first-order valence-electron chi connectivity index (χ1n) is 7.17. The van der Waals surface area contributed by atoms with Crippen molar-refractivity contribution in [1.29, 1.82) is 0 Å². The molecule has 106 valence electrons. The highest BCUT2D eigenvalue weighted by atomic mass is 16.5. The van der Waals surface area contributed by atoms with Crippen molar-refractivity contribution in [2.75, 3.05) is 7.11 Å². The highest BCUT2D eigenvalue weighted by Crippen LogP contribution is 2.10. The average molecular weight is 269 g/mol. The Hall–Kier alpha value is -1.64. The van der Waals surface area contributed by atoms with Gasteiger partial charge in [0, 0.05) is 20.2 Å². The van der Waals surface area contributed by atoms with E-state index in [1.807, 2.05) is 0 Å². The Labute approximate surface area is 121 Å². The van der Waals surface area contributed by atoms with E-state index in [-0.39, 0.29) is 0 Å². The molecule has 0 aliphatic rings. The van der Waals surface area contributed by atoms with Crippen LogP contribution < -0.4 is 5.32 Å². The molecule has 0 fully saturated rings. The molecule has 0 saturated heterocycles. The molecule has 1 N–H and O–H groups in total. The number of rotatable bonds is 7. The third-order valence-electron chi connectivity index (χ3n) is 3.45. The van der Waals surface area contributed by atoms with E-state index >= 15 is 0 Å². The van der Waals surface area contributed by atoms with Gasteiger partial charge in [-0.2, -0.15) is 0 Å². The molecule has 0 heterocycles. The maximum atomic E-state index is 5.17. The molecule has 2 nitrogen and oxygen atoms in total. The number of nitrogens with one attached hydrogen (secondary N) is 1. The zero-order valence-corrected chi connectivity index (χ0v) is 12.4. The summed E-state index contributed by atoms with van der Waals surface area (Å²) < 4.78 is 5.17. The van der Waals surface area contributed by atoms with Crippen LogP contribution in [0.1, 0.15) is 29.2 Å². The predicted molar refractivity (Wildman–Crippen MR) is 83.5 cm³/mol. The van der Waals surface area contributed by atoms with Gasteiger partial charge in [0.15, 0.2) is 0 Å². The summed E-state index contributed by atoms with van der Waals surface area (Å²) in [6, 6.07) is 17.2. The molecular weight excluding hydrogens is 246 g/mol. The smallest absolute Gasteiger partial charge is 0.0713 e. The van der Waals surface area contributed by atoms with E-state index in [0.717, 1.165) is 19.5 Å². The van der Waals surface area contributed by atoms with Crippen molar-refractivity contribution >= 4 is 0 Å². The van der Waals surface area contributed by atoms with Gasteiger partial charge in [0.2, 0.25) is 0 Å². The molecular formula is C18H23NO. The molecule has 0 aliphatic heterocycles. The molecule has 0 atom stereocenters. The third kappa shape index (κ3) is 4.19. The fourth-order valence-electron chi connectivity index (χ4n) is 2.41. The Morgan fingerprint density at radius 1 is 0.900 bits per heavy atom. The van der Waals surface area contributed by atoms with Crippen molar-refractivity contribution in [2.45, 2.75) is 33.0 Å². The molecule has 0 saturated carbocycles. The molecule has 0 aliphatic carbocycles. The molecule has 0 aromatic heterocycles. The van der Waals surface area contributed by atoms with Crippen LogP contribution in [0.5, 0.6) is 0 Å². The van der Waals surface area contributed by atoms with Crippen LogP contribution >= 0.6 is 0 Å². The summed E-state index contributed by atoms with van der Waals surface area (Å²) in [7, 11) is 1.73. The van der Waals surface area contributed by atoms with E-state index in [1.165, 1.54) is 22.3 Å². The Bertz CT molecular complexity index is 536. The van der Waals surface area contributed by atoms with Crippen LogP contribution in [0.4, 0.5) is 0 Å². The van der Waals surface area contributed by atoms with Gasteiger partial charge in [-0.1, -0.05) is 55.5 Å². The number of ether oxygens (including phenoxy) is 1. The molecule has 0 radical (unpaired) electrons. The summed E-state index contributed by atoms with van der Waals surface area (Å²) >= 11 is 0. The lowest BCUT2D eigenvalue weighted by Crippen LogP contribution is -2.14. The summed E-state index contributed by atoms with van der Waals surface area (Å²) in [6.07, 6.45) is 1.08. The highest BCUT2D eigenvalue weighted by Gasteiger charge is 2.00. The van der Waals surface area contributed by atoms with Crippen molar-refractivity contribution < 1.29 is 4.74 Å². The Kier molecular flexibility index (Phi) is 5.78. The van der Waals surface area contributed by atoms with Crippen LogP contribution in [-0.2, 0) is 30.9 Å². The lowest BCUT2D eigenvalue weighted by Gasteiger charge is -2.10. The summed E-state index contributed by atoms with van der Waals surface area (Å²) in [4.78, 5) is 0. The maximum Gasteiger partial charge on any atom is 0.0713 e. The zero-order valence-electron chi connectivity index (χ0n) is 12.4. The normalized spacial score (nSPS) is 10.7. The van der Waals surface area contributed by atoms with Crippen molar-refractivity contribution in [1.82, 2.24) is 5.32 Å². The van der Waals surface area contributed by atoms with E-state index < -0.39 is 0 Å². The number of hydrogen-bond donors (Lipinski definition) is 1. The van der Waals surface area contributed by atoms with Crippen LogP contribution in [0.15, 0.2) is 48.5 Å². The topological polar surface area (TPSA) is 21.3 Å². The summed E-state index contributed by atoms with van der Waals surface area (Å²) in [6.45, 7) is 4.67. The Morgan fingerprint density at radius 3 is 2.40 bits per heavy atom. The van der Waals surface area contributed by atoms with Gasteiger partial charge < -0.3 is 10.1 Å². The first kappa shape index (κ1) is 14.8. The van der Waals surface area contributed by atoms with Crippen molar-refractivity contribution in [3.63, 3.8) is 0 Å². The molecule has 2 rings (SSSR count). The van der Waals surface area contributed by atoms with Crippen LogP contribution in [0, 0.1) is 0 Å². The van der Waals surface area contributed by atoms with E-state index in [2.05, 4.69) is 60.8 Å². The third-order valence-corrected chi connectivity index (χ3v) is 3.45. The minimum Gasteiger partial charge on any atom is -0.380 e. The van der Waals surface area contributed by atoms with E-state index in [9.17, 15) is 0 Å². The first-order valence-corrected chi connectivity index (χ1v) is 7.17. The molecule has 0 bridgehead atoms. The monoisotopic (exact) mass is 269 g/mol. The minimum atomic E-state index is 0.673. The fourth-order valence-corrected chi connectivity index (χ4v) is 2.41. The summed E-state index contributed by atoms with van der Waals surface area (Å²) in [5.74, 6) is 0. The second-order valence-corrected chi connectivity index (χ2v) is 4.98. The lowest BCUT2D eigenvalue weighted by molar-refractivity contribution is 0.185. The average Bonchev–Trinajstić information content (AvgIpc) is 2.48. The van der Waals surface area contributed by atoms with E-state index in [1.54, 1.807) is 7.11 Å². The molecule has 2 aromatic carbocycles. The second-order valence-electron chi connectivity index (χ2n) is 4.98. The largest absolute Gasteiger partial charge is 0.380 e. The van der Waals surface area contributed by atoms with Gasteiger partial charge in [-0.25, -0.2) is 0 Å². The van der Waals surface area contributed by atoms with Crippen LogP contribution in [0.3, 0.4) is 0 Å². The molecule has 0 unspecified atom stereocenters. The number of methoxy groups -OCH3 is 1. The SMILES string of the molecule is CCc1ccccc1CNCc1cccc(COC)c1. The van der Waals surface area contributed by atoms with E-state index in [4.69, 9.17) is 4.74 Å². The Balaban J connectivity index is 1.91. The van der Waals surface area contributed by atoms with Crippen LogP contribution in [-0.4, -0.2) is 7.11 Å². The number of hydrogen-bond acceptors (Lipinski definition) is 2. The second kappa shape index (κ2) is 7.83. The van der Waals surface area contributed by atoms with Gasteiger partial charge in [0.25, 0.3) is 0 Å². The van der Waals surface area contributed by atoms with Gasteiger partial charge in [-0.3, -0.25) is 0 Å². The molecule has 2 heteroatoms. The highest BCUT2D eigenvalue weighted by molar-refractivity contribution is 5.27. The van der Waals surface area contributed by atoms with Gasteiger partial charge in [-0.15, -0.1) is 0 Å². The molecule has 0 amide bonds. The molecule has 20 heavy (non-hydrogen) atoms. The first-order chi connectivity index (χ1) is 9.83.